The lowest BCUT2D eigenvalue weighted by atomic mass is 11.0. The molecule has 23 heteroatoms. The van der Waals surface area contributed by atoms with E-state index in [0.717, 1.165) is 0 Å². The van der Waals surface area contributed by atoms with Crippen LogP contribution in [0.25, 0.3) is 0 Å². The zero-order valence-corrected chi connectivity index (χ0v) is 21.7. The lowest BCUT2D eigenvalue weighted by Crippen LogP contribution is -2.21. The Balaban J connectivity index is 4.68. The van der Waals surface area contributed by atoms with Crippen LogP contribution in [0.4, 0.5) is 0 Å². The number of nitrogens with one attached hydrogen (secondary N) is 2. The van der Waals surface area contributed by atoms with E-state index in [1.54, 1.807) is 0 Å². The van der Waals surface area contributed by atoms with E-state index in [-0.39, 0.29) is 0 Å². The summed E-state index contributed by atoms with van der Waals surface area (Å²) in [5, 5.41) is 3.85. The molecule has 0 saturated carbocycles. The lowest BCUT2D eigenvalue weighted by Gasteiger charge is -2.20. The molecule has 0 bridgehead atoms. The summed E-state index contributed by atoms with van der Waals surface area (Å²) in [5.74, 6) is 0. The van der Waals surface area contributed by atoms with Crippen molar-refractivity contribution in [1.82, 2.24) is 10.6 Å². The molecule has 0 fully saturated rings. The largest absolute Gasteiger partial charge is 0.348 e. The molecular weight excluding hydrogens is 550 g/mol. The molecule has 0 amide bonds. The minimum Gasteiger partial charge on any atom is -0.324 e. The zero-order valence-electron chi connectivity index (χ0n) is 16.3. The first-order valence-electron chi connectivity index (χ1n) is 8.12. The molecule has 6 atom stereocenters. The maximum atomic E-state index is 11.8. The highest BCUT2D eigenvalue weighted by Gasteiger charge is 2.36. The summed E-state index contributed by atoms with van der Waals surface area (Å²) in [4.78, 5) is 56.3. The molecule has 0 aromatic carbocycles. The predicted molar refractivity (Wildman–Crippen MR) is 109 cm³/mol. The van der Waals surface area contributed by atoms with Gasteiger partial charge in [0, 0.05) is 12.3 Å². The first-order chi connectivity index (χ1) is 13.7. The number of rotatable bonds is 16. The van der Waals surface area contributed by atoms with Gasteiger partial charge in [-0.1, -0.05) is 13.8 Å². The van der Waals surface area contributed by atoms with Gasteiger partial charge in [-0.2, -0.15) is 0 Å². The fourth-order valence-electron chi connectivity index (χ4n) is 1.49. The third-order valence-electron chi connectivity index (χ3n) is 2.81. The molecule has 0 aromatic heterocycles. The molecule has 0 aliphatic carbocycles. The number of hydrogen-bond acceptors (Lipinski definition) is 11. The Morgan fingerprint density at radius 1 is 0.484 bits per heavy atom. The smallest absolute Gasteiger partial charge is 0.324 e. The summed E-state index contributed by atoms with van der Waals surface area (Å²) < 4.78 is 82.0. The normalized spacial score (nSPS) is 24.0. The summed E-state index contributed by atoms with van der Waals surface area (Å²) in [7, 11) is -27.9. The van der Waals surface area contributed by atoms with Crippen molar-refractivity contribution in [2.75, 3.05) is 37.5 Å². The van der Waals surface area contributed by atoms with E-state index in [1.807, 2.05) is 10.6 Å². The highest BCUT2D eigenvalue weighted by Crippen LogP contribution is 2.61. The third-order valence-corrected chi connectivity index (χ3v) is 13.0. The van der Waals surface area contributed by atoms with Gasteiger partial charge >= 0.3 is 45.6 Å². The Bertz CT molecular complexity index is 821. The highest BCUT2D eigenvalue weighted by molar-refractivity contribution is 7.67. The lowest BCUT2D eigenvalue weighted by molar-refractivity contribution is 0.325. The van der Waals surface area contributed by atoms with Crippen LogP contribution in [0.2, 0.25) is 0 Å². The first-order valence-corrected chi connectivity index (χ1v) is 18.7. The summed E-state index contributed by atoms with van der Waals surface area (Å²) >= 11 is 0. The second-order valence-corrected chi connectivity index (χ2v) is 18.0. The summed E-state index contributed by atoms with van der Waals surface area (Å²) in [6, 6.07) is 0. The second kappa shape index (κ2) is 12.1. The zero-order chi connectivity index (χ0) is 24.8. The maximum absolute atomic E-state index is 11.8. The van der Waals surface area contributed by atoms with Gasteiger partial charge in [0.25, 0.3) is 0 Å². The second-order valence-electron chi connectivity index (χ2n) is 5.83. The van der Waals surface area contributed by atoms with Gasteiger partial charge in [-0.15, -0.1) is 0 Å². The molecule has 0 aromatic rings. The first kappa shape index (κ1) is 31.9. The van der Waals surface area contributed by atoms with E-state index in [1.165, 1.54) is 13.8 Å². The third kappa shape index (κ3) is 15.5. The maximum Gasteiger partial charge on any atom is 0.348 e. The van der Waals surface area contributed by atoms with Crippen LogP contribution in [0.3, 0.4) is 0 Å². The van der Waals surface area contributed by atoms with E-state index in [4.69, 9.17) is 0 Å². The molecule has 6 unspecified atom stereocenters. The Morgan fingerprint density at radius 2 is 0.677 bits per heavy atom. The van der Waals surface area contributed by atoms with Gasteiger partial charge in [0.05, 0.1) is 25.1 Å². The van der Waals surface area contributed by atoms with Crippen molar-refractivity contribution in [3.63, 3.8) is 0 Å². The van der Waals surface area contributed by atoms with Crippen LogP contribution in [0, 0.1) is 0 Å². The monoisotopic (exact) mass is 576 g/mol. The van der Waals surface area contributed by atoms with Crippen LogP contribution in [-0.4, -0.2) is 66.8 Å². The Labute approximate surface area is 177 Å². The van der Waals surface area contributed by atoms with Gasteiger partial charge in [-0.05, 0) is 0 Å². The SMILES string of the molecule is CCP(=O)(O)OP(=O)(O)CNCP(=O)(O)OP(=O)(O)CNCP(=O)(O)OP(=O)(O)CC. The molecule has 0 aliphatic rings. The molecule has 17 nitrogen and oxygen atoms in total. The molecule has 31 heavy (non-hydrogen) atoms. The van der Waals surface area contributed by atoms with Crippen LogP contribution >= 0.6 is 45.6 Å². The van der Waals surface area contributed by atoms with Crippen LogP contribution in [-0.2, 0) is 40.3 Å². The van der Waals surface area contributed by atoms with E-state index in [9.17, 15) is 56.8 Å². The van der Waals surface area contributed by atoms with Gasteiger partial charge in [-0.3, -0.25) is 38.0 Å². The van der Waals surface area contributed by atoms with E-state index in [2.05, 4.69) is 12.9 Å². The predicted octanol–water partition coefficient (Wildman–Crippen LogP) is 1.20. The van der Waals surface area contributed by atoms with Crippen molar-refractivity contribution in [3.05, 3.63) is 0 Å². The van der Waals surface area contributed by atoms with Crippen LogP contribution in [0.5, 0.6) is 0 Å². The fraction of sp³-hybridized carbons (Fsp3) is 1.00. The molecule has 0 aliphatic heterocycles. The van der Waals surface area contributed by atoms with Gasteiger partial charge in [0.2, 0.25) is 0 Å². The minimum atomic E-state index is -4.91. The van der Waals surface area contributed by atoms with Crippen molar-refractivity contribution >= 4 is 45.6 Å². The standard InChI is InChI=1S/C8H26N2O15P6/c1-3-26(11,12)23-28(15,16)5-9-7-30(19,20)25-31(21,22)8-10-6-29(17,18)24-27(13,14)4-2/h9-10H,3-8H2,1-2H3,(H,11,12)(H,13,14)(H,15,16)(H,17,18)(H,19,20)(H,21,22). The summed E-state index contributed by atoms with van der Waals surface area (Å²) in [6.07, 6.45) is -5.36. The minimum absolute atomic E-state index is 0.472. The molecule has 8 N–H and O–H groups in total. The van der Waals surface area contributed by atoms with Crippen LogP contribution < -0.4 is 10.6 Å². The van der Waals surface area contributed by atoms with Crippen molar-refractivity contribution in [2.24, 2.45) is 0 Å². The molecule has 0 heterocycles. The Morgan fingerprint density at radius 3 is 0.871 bits per heavy atom. The van der Waals surface area contributed by atoms with E-state index >= 15 is 0 Å². The van der Waals surface area contributed by atoms with E-state index in [0.29, 0.717) is 0 Å². The topological polar surface area (TPSA) is 276 Å². The van der Waals surface area contributed by atoms with Gasteiger partial charge in [0.15, 0.2) is 0 Å². The van der Waals surface area contributed by atoms with Crippen molar-refractivity contribution in [2.45, 2.75) is 13.8 Å². The van der Waals surface area contributed by atoms with E-state index < -0.39 is 83.0 Å². The van der Waals surface area contributed by atoms with Crippen molar-refractivity contribution < 1.29 is 69.7 Å². The quantitative estimate of drug-likeness (QED) is 0.120. The molecule has 0 spiro atoms. The summed E-state index contributed by atoms with van der Waals surface area (Å²) in [6.45, 7) is 2.43. The average molecular weight is 576 g/mol. The molecule has 0 saturated heterocycles. The van der Waals surface area contributed by atoms with Crippen LogP contribution in [0.15, 0.2) is 0 Å². The summed E-state index contributed by atoms with van der Waals surface area (Å²) in [5.41, 5.74) is 0. The Kier molecular flexibility index (Phi) is 12.4. The fourth-order valence-corrected chi connectivity index (χ4v) is 10.1. The van der Waals surface area contributed by atoms with Gasteiger partial charge in [-0.25, -0.2) is 12.9 Å². The van der Waals surface area contributed by atoms with Crippen molar-refractivity contribution in [1.29, 1.82) is 0 Å². The van der Waals surface area contributed by atoms with Gasteiger partial charge < -0.3 is 29.4 Å². The molecular formula is C8H26N2O15P6. The highest BCUT2D eigenvalue weighted by atomic mass is 31.3. The number of hydrogen-bond donors (Lipinski definition) is 8. The Hall–Kier alpha value is 0.940. The van der Waals surface area contributed by atoms with Crippen LogP contribution in [0.1, 0.15) is 13.8 Å². The average Bonchev–Trinajstić information content (AvgIpc) is 2.50. The molecule has 188 valence electrons. The van der Waals surface area contributed by atoms with Gasteiger partial charge in [0.1, 0.15) is 0 Å². The molecule has 0 rings (SSSR count). The van der Waals surface area contributed by atoms with Crippen molar-refractivity contribution in [3.8, 4) is 0 Å². The molecule has 0 radical (unpaired) electrons.